The van der Waals surface area contributed by atoms with Crippen molar-refractivity contribution in [2.24, 2.45) is 5.73 Å². The lowest BCUT2D eigenvalue weighted by atomic mass is 9.81. The van der Waals surface area contributed by atoms with Crippen LogP contribution in [0.4, 0.5) is 0 Å². The summed E-state index contributed by atoms with van der Waals surface area (Å²) in [6.07, 6.45) is 1.17. The van der Waals surface area contributed by atoms with Crippen molar-refractivity contribution in [3.63, 3.8) is 0 Å². The molecule has 3 heterocycles. The van der Waals surface area contributed by atoms with Crippen molar-refractivity contribution in [3.8, 4) is 11.5 Å². The van der Waals surface area contributed by atoms with Gasteiger partial charge in [-0.2, -0.15) is 0 Å². The predicted molar refractivity (Wildman–Crippen MR) is 118 cm³/mol. The predicted octanol–water partition coefficient (Wildman–Crippen LogP) is 2.95. The number of hydrogen-bond donors (Lipinski definition) is 4. The summed E-state index contributed by atoms with van der Waals surface area (Å²) in [6, 6.07) is 12.0. The SMILES string of the molecule is C=C1N(CCCN)C(=O)[C@]2(C)Cc3c([nH]c4ccc(O)cc34)[C@@H](c3cccc(O)c3)N12. The number of nitrogens with one attached hydrogen (secondary N) is 1. The zero-order valence-electron chi connectivity index (χ0n) is 17.4. The molecule has 1 amide bonds. The maximum absolute atomic E-state index is 13.6. The van der Waals surface area contributed by atoms with E-state index in [9.17, 15) is 15.0 Å². The largest absolute Gasteiger partial charge is 0.508 e. The summed E-state index contributed by atoms with van der Waals surface area (Å²) in [4.78, 5) is 20.9. The number of aromatic hydroxyl groups is 2. The van der Waals surface area contributed by atoms with E-state index in [1.807, 2.05) is 19.1 Å². The second kappa shape index (κ2) is 6.78. The van der Waals surface area contributed by atoms with Gasteiger partial charge >= 0.3 is 0 Å². The Balaban J connectivity index is 1.75. The molecular formula is C24H26N4O3. The minimum atomic E-state index is -0.838. The van der Waals surface area contributed by atoms with E-state index in [0.717, 1.165) is 27.7 Å². The molecule has 0 radical (unpaired) electrons. The normalized spacial score (nSPS) is 22.8. The molecule has 1 saturated heterocycles. The fourth-order valence-corrected chi connectivity index (χ4v) is 5.16. The monoisotopic (exact) mass is 418 g/mol. The summed E-state index contributed by atoms with van der Waals surface area (Å²) in [7, 11) is 0. The summed E-state index contributed by atoms with van der Waals surface area (Å²) >= 11 is 0. The molecule has 160 valence electrons. The first-order valence-electron chi connectivity index (χ1n) is 10.5. The smallest absolute Gasteiger partial charge is 0.254 e. The van der Waals surface area contributed by atoms with Crippen LogP contribution in [0.15, 0.2) is 54.9 Å². The molecule has 0 saturated carbocycles. The lowest BCUT2D eigenvalue weighted by Gasteiger charge is -2.44. The first-order chi connectivity index (χ1) is 14.8. The maximum Gasteiger partial charge on any atom is 0.254 e. The molecule has 3 aromatic rings. The summed E-state index contributed by atoms with van der Waals surface area (Å²) in [5, 5.41) is 21.2. The lowest BCUT2D eigenvalue weighted by Crippen LogP contribution is -2.52. The number of phenolic OH excluding ortho intramolecular Hbond substituents is 2. The van der Waals surface area contributed by atoms with Crippen molar-refractivity contribution < 1.29 is 15.0 Å². The Bertz CT molecular complexity index is 1220. The number of aromatic amines is 1. The standard InChI is InChI=1S/C24H26N4O3/c1-14-27(10-4-9-25)23(31)24(2)13-19-18-12-17(30)7-8-20(18)26-21(19)22(28(14)24)15-5-3-6-16(29)11-15/h3,5-8,11-12,22,26,29-30H,1,4,9-10,13,25H2,2H3/t22-,24+/m1/s1. The van der Waals surface area contributed by atoms with E-state index in [-0.39, 0.29) is 23.4 Å². The fraction of sp³-hybridized carbons (Fsp3) is 0.292. The number of aromatic nitrogens is 1. The highest BCUT2D eigenvalue weighted by Crippen LogP contribution is 2.51. The third-order valence-corrected chi connectivity index (χ3v) is 6.57. The Labute approximate surface area is 180 Å². The molecule has 7 heteroatoms. The Morgan fingerprint density at radius 1 is 1.23 bits per heavy atom. The van der Waals surface area contributed by atoms with Crippen LogP contribution in [0.5, 0.6) is 11.5 Å². The summed E-state index contributed by atoms with van der Waals surface area (Å²) in [5.74, 6) is 0.983. The molecule has 0 bridgehead atoms. The number of phenols is 2. The Hall–Kier alpha value is -3.45. The topological polar surface area (TPSA) is 106 Å². The van der Waals surface area contributed by atoms with Crippen LogP contribution >= 0.6 is 0 Å². The average Bonchev–Trinajstić information content (AvgIpc) is 3.17. The maximum atomic E-state index is 13.6. The third kappa shape index (κ3) is 2.73. The number of amides is 1. The number of rotatable bonds is 4. The molecule has 31 heavy (non-hydrogen) atoms. The number of carbonyl (C=O) groups is 1. The van der Waals surface area contributed by atoms with Gasteiger partial charge in [0.2, 0.25) is 0 Å². The van der Waals surface area contributed by atoms with E-state index in [4.69, 9.17) is 5.73 Å². The zero-order valence-corrected chi connectivity index (χ0v) is 17.4. The Kier molecular flexibility index (Phi) is 4.27. The van der Waals surface area contributed by atoms with Crippen molar-refractivity contribution in [1.29, 1.82) is 0 Å². The van der Waals surface area contributed by atoms with Gasteiger partial charge in [0, 0.05) is 29.6 Å². The number of nitrogens with zero attached hydrogens (tertiary/aromatic N) is 2. The summed E-state index contributed by atoms with van der Waals surface area (Å²) < 4.78 is 0. The van der Waals surface area contributed by atoms with Crippen molar-refractivity contribution in [3.05, 3.63) is 71.7 Å². The van der Waals surface area contributed by atoms with E-state index < -0.39 is 5.54 Å². The van der Waals surface area contributed by atoms with Gasteiger partial charge in [0.1, 0.15) is 22.9 Å². The van der Waals surface area contributed by atoms with Crippen LogP contribution in [-0.2, 0) is 11.2 Å². The van der Waals surface area contributed by atoms with Crippen molar-refractivity contribution in [2.75, 3.05) is 13.1 Å². The molecule has 2 aliphatic heterocycles. The molecule has 7 nitrogen and oxygen atoms in total. The van der Waals surface area contributed by atoms with Crippen molar-refractivity contribution in [2.45, 2.75) is 31.3 Å². The molecule has 5 N–H and O–H groups in total. The molecule has 5 rings (SSSR count). The first kappa shape index (κ1) is 19.5. The zero-order chi connectivity index (χ0) is 21.9. The molecule has 2 aromatic carbocycles. The van der Waals surface area contributed by atoms with Crippen LogP contribution in [-0.4, -0.2) is 49.5 Å². The molecule has 0 spiro atoms. The highest BCUT2D eigenvalue weighted by atomic mass is 16.3. The molecule has 2 atom stereocenters. The van der Waals surface area contributed by atoms with E-state index in [0.29, 0.717) is 31.8 Å². The number of H-pyrrole nitrogens is 1. The molecule has 2 aliphatic rings. The van der Waals surface area contributed by atoms with Crippen LogP contribution < -0.4 is 5.73 Å². The van der Waals surface area contributed by atoms with Gasteiger partial charge in [0.05, 0.1) is 6.04 Å². The molecular weight excluding hydrogens is 392 g/mol. The van der Waals surface area contributed by atoms with Crippen LogP contribution in [0.1, 0.15) is 36.2 Å². The van der Waals surface area contributed by atoms with Crippen molar-refractivity contribution >= 4 is 16.8 Å². The quantitative estimate of drug-likeness (QED) is 0.521. The number of hydrogen-bond acceptors (Lipinski definition) is 5. The molecule has 0 aliphatic carbocycles. The highest BCUT2D eigenvalue weighted by molar-refractivity contribution is 5.94. The van der Waals surface area contributed by atoms with E-state index in [1.165, 1.54) is 0 Å². The van der Waals surface area contributed by atoms with Gasteiger partial charge in [-0.05, 0) is 61.3 Å². The van der Waals surface area contributed by atoms with E-state index >= 15 is 0 Å². The highest BCUT2D eigenvalue weighted by Gasteiger charge is 2.57. The first-order valence-corrected chi connectivity index (χ1v) is 10.5. The van der Waals surface area contributed by atoms with Crippen LogP contribution in [0.25, 0.3) is 10.9 Å². The minimum absolute atomic E-state index is 0.00347. The minimum Gasteiger partial charge on any atom is -0.508 e. The van der Waals surface area contributed by atoms with E-state index in [1.54, 1.807) is 35.2 Å². The Morgan fingerprint density at radius 2 is 2.00 bits per heavy atom. The van der Waals surface area contributed by atoms with E-state index in [2.05, 4.69) is 16.5 Å². The van der Waals surface area contributed by atoms with Crippen LogP contribution in [0, 0.1) is 0 Å². The van der Waals surface area contributed by atoms with Gasteiger partial charge in [-0.3, -0.25) is 9.69 Å². The number of fused-ring (bicyclic) bond motifs is 4. The molecule has 1 aromatic heterocycles. The molecule has 0 unspecified atom stereocenters. The van der Waals surface area contributed by atoms with Gasteiger partial charge in [-0.1, -0.05) is 18.7 Å². The second-order valence-corrected chi connectivity index (χ2v) is 8.58. The Morgan fingerprint density at radius 3 is 2.74 bits per heavy atom. The summed E-state index contributed by atoms with van der Waals surface area (Å²) in [5.41, 5.74) is 8.57. The number of nitrogens with two attached hydrogens (primary N) is 1. The second-order valence-electron chi connectivity index (χ2n) is 8.58. The lowest BCUT2D eigenvalue weighted by molar-refractivity contribution is -0.133. The van der Waals surface area contributed by atoms with Gasteiger partial charge < -0.3 is 25.8 Å². The van der Waals surface area contributed by atoms with Gasteiger partial charge in [0.15, 0.2) is 0 Å². The molecule has 1 fully saturated rings. The number of carbonyl (C=O) groups excluding carboxylic acids is 1. The van der Waals surface area contributed by atoms with Crippen LogP contribution in [0.2, 0.25) is 0 Å². The van der Waals surface area contributed by atoms with Crippen molar-refractivity contribution in [1.82, 2.24) is 14.8 Å². The fourth-order valence-electron chi connectivity index (χ4n) is 5.16. The van der Waals surface area contributed by atoms with Gasteiger partial charge in [-0.15, -0.1) is 0 Å². The van der Waals surface area contributed by atoms with Gasteiger partial charge in [-0.25, -0.2) is 0 Å². The average molecular weight is 418 g/mol. The summed E-state index contributed by atoms with van der Waals surface area (Å²) in [6.45, 7) is 7.24. The van der Waals surface area contributed by atoms with Crippen LogP contribution in [0.3, 0.4) is 0 Å². The third-order valence-electron chi connectivity index (χ3n) is 6.57. The number of benzene rings is 2. The van der Waals surface area contributed by atoms with Gasteiger partial charge in [0.25, 0.3) is 5.91 Å².